The molecule has 2 aromatic rings. The zero-order chi connectivity index (χ0) is 22.8. The maximum Gasteiger partial charge on any atom is 0.490 e. The van der Waals surface area contributed by atoms with Crippen LogP contribution < -0.4 is 0 Å². The number of rotatable bonds is 4. The van der Waals surface area contributed by atoms with Gasteiger partial charge >= 0.3 is 12.1 Å². The number of nitrogens with zero attached hydrogens (tertiary/aromatic N) is 6. The second-order valence-electron chi connectivity index (χ2n) is 8.13. The van der Waals surface area contributed by atoms with Crippen LogP contribution in [0.2, 0.25) is 0 Å². The molecule has 0 bridgehead atoms. The van der Waals surface area contributed by atoms with Crippen molar-refractivity contribution >= 4 is 5.97 Å². The van der Waals surface area contributed by atoms with Crippen molar-refractivity contribution in [2.45, 2.75) is 71.1 Å². The molecule has 2 aromatic heterocycles. The van der Waals surface area contributed by atoms with Crippen LogP contribution in [0.4, 0.5) is 13.2 Å². The smallest absolute Gasteiger partial charge is 0.475 e. The quantitative estimate of drug-likeness (QED) is 0.779. The summed E-state index contributed by atoms with van der Waals surface area (Å²) in [6.07, 6.45) is 1.92. The van der Waals surface area contributed by atoms with Crippen LogP contribution >= 0.6 is 0 Å². The van der Waals surface area contributed by atoms with Gasteiger partial charge in [-0.1, -0.05) is 5.21 Å². The number of hydrogen-bond acceptors (Lipinski definition) is 6. The molecule has 1 aliphatic heterocycles. The first-order chi connectivity index (χ1) is 14.5. The van der Waals surface area contributed by atoms with Gasteiger partial charge in [-0.05, 0) is 46.5 Å². The molecule has 8 nitrogen and oxygen atoms in total. The van der Waals surface area contributed by atoms with E-state index in [0.717, 1.165) is 55.3 Å². The van der Waals surface area contributed by atoms with Gasteiger partial charge in [0.25, 0.3) is 0 Å². The lowest BCUT2D eigenvalue weighted by molar-refractivity contribution is -0.192. The molecule has 1 saturated heterocycles. The third-order valence-electron chi connectivity index (χ3n) is 5.65. The Balaban J connectivity index is 0.000000339. The molecule has 2 fully saturated rings. The van der Waals surface area contributed by atoms with Gasteiger partial charge in [-0.2, -0.15) is 13.2 Å². The number of aromatic nitrogens is 5. The van der Waals surface area contributed by atoms with E-state index in [4.69, 9.17) is 14.9 Å². The maximum absolute atomic E-state index is 10.6. The Labute approximate surface area is 178 Å². The molecule has 1 N–H and O–H groups in total. The highest BCUT2D eigenvalue weighted by Crippen LogP contribution is 2.39. The summed E-state index contributed by atoms with van der Waals surface area (Å²) in [5, 5.41) is 15.8. The number of carboxylic acid groups (broad SMARTS) is 1. The molecular formula is C20H27F3N6O2. The Hall–Kier alpha value is -2.56. The van der Waals surface area contributed by atoms with Gasteiger partial charge in [-0.3, -0.25) is 14.9 Å². The molecule has 0 aromatic carbocycles. The lowest BCUT2D eigenvalue weighted by atomic mass is 10.0. The largest absolute Gasteiger partial charge is 0.490 e. The minimum atomic E-state index is -5.08. The number of piperidine rings is 1. The molecule has 11 heteroatoms. The van der Waals surface area contributed by atoms with Gasteiger partial charge in [0.05, 0.1) is 34.5 Å². The van der Waals surface area contributed by atoms with Crippen LogP contribution in [-0.4, -0.2) is 60.2 Å². The van der Waals surface area contributed by atoms with Gasteiger partial charge in [0.15, 0.2) is 0 Å². The van der Waals surface area contributed by atoms with E-state index in [1.165, 1.54) is 18.5 Å². The summed E-state index contributed by atoms with van der Waals surface area (Å²) in [7, 11) is 0. The summed E-state index contributed by atoms with van der Waals surface area (Å²) in [6, 6.07) is 0.494. The van der Waals surface area contributed by atoms with Crippen LogP contribution in [0.15, 0.2) is 6.20 Å². The molecule has 170 valence electrons. The lowest BCUT2D eigenvalue weighted by Crippen LogP contribution is -2.35. The fourth-order valence-corrected chi connectivity index (χ4v) is 3.50. The van der Waals surface area contributed by atoms with Crippen molar-refractivity contribution in [3.8, 4) is 0 Å². The third kappa shape index (κ3) is 6.22. The summed E-state index contributed by atoms with van der Waals surface area (Å²) < 4.78 is 33.8. The summed E-state index contributed by atoms with van der Waals surface area (Å²) in [5.41, 5.74) is 5.45. The Morgan fingerprint density at radius 3 is 2.19 bits per heavy atom. The highest BCUT2D eigenvalue weighted by atomic mass is 19.4. The Kier molecular flexibility index (Phi) is 6.93. The van der Waals surface area contributed by atoms with Crippen molar-refractivity contribution in [2.24, 2.45) is 0 Å². The molecule has 31 heavy (non-hydrogen) atoms. The van der Waals surface area contributed by atoms with Crippen LogP contribution in [0.3, 0.4) is 0 Å². The molecule has 1 saturated carbocycles. The first kappa shape index (κ1) is 23.1. The van der Waals surface area contributed by atoms with E-state index in [1.54, 1.807) is 0 Å². The molecule has 2 aliphatic rings. The van der Waals surface area contributed by atoms with Gasteiger partial charge < -0.3 is 5.11 Å². The summed E-state index contributed by atoms with van der Waals surface area (Å²) >= 11 is 0. The van der Waals surface area contributed by atoms with Gasteiger partial charge in [0.1, 0.15) is 0 Å². The molecule has 1 aliphatic carbocycles. The predicted octanol–water partition coefficient (Wildman–Crippen LogP) is 3.34. The summed E-state index contributed by atoms with van der Waals surface area (Å²) in [5.74, 6) is -2.07. The van der Waals surface area contributed by atoms with E-state index in [-0.39, 0.29) is 0 Å². The molecule has 4 rings (SSSR count). The molecule has 0 spiro atoms. The summed E-state index contributed by atoms with van der Waals surface area (Å²) in [4.78, 5) is 20.7. The lowest BCUT2D eigenvalue weighted by Gasteiger charge is -2.31. The molecule has 0 amide bonds. The zero-order valence-corrected chi connectivity index (χ0v) is 17.9. The average Bonchev–Trinajstić information content (AvgIpc) is 3.43. The molecular weight excluding hydrogens is 413 g/mol. The first-order valence-electron chi connectivity index (χ1n) is 10.3. The number of hydrogen-bond donors (Lipinski definition) is 1. The third-order valence-corrected chi connectivity index (χ3v) is 5.65. The second-order valence-corrected chi connectivity index (χ2v) is 8.13. The van der Waals surface area contributed by atoms with E-state index in [9.17, 15) is 13.2 Å². The molecule has 0 unspecified atom stereocenters. The first-order valence-corrected chi connectivity index (χ1v) is 10.3. The fraction of sp³-hybridized carbons (Fsp3) is 0.650. The van der Waals surface area contributed by atoms with E-state index in [0.29, 0.717) is 12.0 Å². The Morgan fingerprint density at radius 2 is 1.65 bits per heavy atom. The summed E-state index contributed by atoms with van der Waals surface area (Å²) in [6.45, 7) is 9.20. The van der Waals surface area contributed by atoms with Crippen molar-refractivity contribution in [2.75, 3.05) is 13.1 Å². The van der Waals surface area contributed by atoms with E-state index < -0.39 is 12.1 Å². The van der Waals surface area contributed by atoms with Gasteiger partial charge in [-0.25, -0.2) is 9.48 Å². The highest BCUT2D eigenvalue weighted by Gasteiger charge is 2.38. The van der Waals surface area contributed by atoms with Crippen molar-refractivity contribution in [1.29, 1.82) is 0 Å². The number of halogens is 3. The normalized spacial score (nSPS) is 17.9. The minimum Gasteiger partial charge on any atom is -0.475 e. The number of carboxylic acids is 1. The topological polar surface area (TPSA) is 97.0 Å². The minimum absolute atomic E-state index is 0.494. The van der Waals surface area contributed by atoms with E-state index >= 15 is 0 Å². The van der Waals surface area contributed by atoms with Crippen molar-refractivity contribution in [1.82, 2.24) is 29.9 Å². The van der Waals surface area contributed by atoms with Crippen LogP contribution in [0.5, 0.6) is 0 Å². The second kappa shape index (κ2) is 9.29. The Morgan fingerprint density at radius 1 is 1.06 bits per heavy atom. The standard InChI is InChI=1S/C18H26N6.C2HF3O2/c1-12-13(2)20-17(14(3)19-12)10-23-8-6-16(7-9-23)24-11-18(21-22-24)15-4-5-15;3-2(4,5)1(6)7/h11,15-16H,4-10H2,1-3H3;(H,6,7). The van der Waals surface area contributed by atoms with Gasteiger partial charge in [0.2, 0.25) is 0 Å². The fourth-order valence-electron chi connectivity index (χ4n) is 3.50. The molecule has 0 atom stereocenters. The van der Waals surface area contributed by atoms with E-state index in [1.807, 2.05) is 13.8 Å². The Bertz CT molecular complexity index is 918. The number of carbonyl (C=O) groups is 1. The number of likely N-dealkylation sites (tertiary alicyclic amines) is 1. The van der Waals surface area contributed by atoms with Crippen LogP contribution in [0, 0.1) is 20.8 Å². The average molecular weight is 440 g/mol. The number of aryl methyl sites for hydroxylation is 3. The maximum atomic E-state index is 10.6. The highest BCUT2D eigenvalue weighted by molar-refractivity contribution is 5.73. The predicted molar refractivity (Wildman–Crippen MR) is 105 cm³/mol. The molecule has 3 heterocycles. The van der Waals surface area contributed by atoms with E-state index in [2.05, 4.69) is 38.0 Å². The van der Waals surface area contributed by atoms with Gasteiger partial charge in [0, 0.05) is 31.7 Å². The van der Waals surface area contributed by atoms with Crippen molar-refractivity contribution in [3.63, 3.8) is 0 Å². The molecule has 0 radical (unpaired) electrons. The van der Waals surface area contributed by atoms with Crippen LogP contribution in [0.25, 0.3) is 0 Å². The van der Waals surface area contributed by atoms with Crippen LogP contribution in [0.1, 0.15) is 66.1 Å². The van der Waals surface area contributed by atoms with Gasteiger partial charge in [-0.15, -0.1) is 5.10 Å². The monoisotopic (exact) mass is 440 g/mol. The van der Waals surface area contributed by atoms with Crippen molar-refractivity contribution < 1.29 is 23.1 Å². The van der Waals surface area contributed by atoms with Crippen LogP contribution in [-0.2, 0) is 11.3 Å². The van der Waals surface area contributed by atoms with Crippen molar-refractivity contribution in [3.05, 3.63) is 34.7 Å². The number of alkyl halides is 3. The SMILES string of the molecule is Cc1nc(C)c(CN2CCC(n3cc(C4CC4)nn3)CC2)nc1C.O=C(O)C(F)(F)F. The zero-order valence-electron chi connectivity index (χ0n) is 17.9. The number of aliphatic carboxylic acids is 1.